The number of ketones is 1. The molecule has 0 saturated carbocycles. The van der Waals surface area contributed by atoms with Crippen molar-refractivity contribution in [3.05, 3.63) is 61.9 Å². The quantitative estimate of drug-likeness (QED) is 0.404. The highest BCUT2D eigenvalue weighted by atomic mass is 31.2. The average molecular weight is 522 g/mol. The molecule has 2 aromatic rings. The Kier molecular flexibility index (Phi) is 7.60. The lowest BCUT2D eigenvalue weighted by molar-refractivity contribution is -0.153. The highest BCUT2D eigenvalue weighted by Gasteiger charge is 2.43. The van der Waals surface area contributed by atoms with E-state index >= 15 is 0 Å². The number of carbonyl (C=O) groups excluding carboxylic acids is 2. The maximum atomic E-state index is 13.1. The van der Waals surface area contributed by atoms with Crippen molar-refractivity contribution in [1.29, 1.82) is 0 Å². The number of benzene rings is 1. The second-order valence-electron chi connectivity index (χ2n) is 8.74. The Bertz CT molecular complexity index is 1330. The number of rotatable bonds is 8. The number of carbonyl (C=O) groups is 2. The summed E-state index contributed by atoms with van der Waals surface area (Å²) in [5, 5.41) is 0. The van der Waals surface area contributed by atoms with Crippen molar-refractivity contribution < 1.29 is 37.2 Å². The van der Waals surface area contributed by atoms with E-state index in [9.17, 15) is 23.7 Å². The third kappa shape index (κ3) is 5.84. The number of aromatic amines is 1. The molecule has 1 N–H and O–H groups in total. The number of hydrogen-bond donors (Lipinski definition) is 1. The standard InChI is InChI=1S/C23H27N2O10P/c1-13-5-4-6-16-11-31-36(30,35-21(13)16)32-12-18-17(34-20(27)8-7-15(3)26)9-19(33-18)25-10-14(2)22(28)24-23(25)29/h4-6,10,17-19H,7-9,11-12H2,1-3H3,(H,24,28,29)/t17-,18+,19+,36?/m0/s1. The molecule has 0 aliphatic carbocycles. The second-order valence-corrected chi connectivity index (χ2v) is 10.3. The van der Waals surface area contributed by atoms with Gasteiger partial charge in [0.15, 0.2) is 0 Å². The Morgan fingerprint density at radius 1 is 1.19 bits per heavy atom. The van der Waals surface area contributed by atoms with Crippen LogP contribution in [0.5, 0.6) is 5.75 Å². The molecular weight excluding hydrogens is 495 g/mol. The largest absolute Gasteiger partial charge is 0.530 e. The summed E-state index contributed by atoms with van der Waals surface area (Å²) in [7, 11) is -4.01. The average Bonchev–Trinajstić information content (AvgIpc) is 3.21. The van der Waals surface area contributed by atoms with E-state index in [1.165, 1.54) is 24.6 Å². The summed E-state index contributed by atoms with van der Waals surface area (Å²) in [4.78, 5) is 49.9. The van der Waals surface area contributed by atoms with Crippen LogP contribution in [0.15, 0.2) is 34.0 Å². The molecule has 13 heteroatoms. The van der Waals surface area contributed by atoms with Crippen LogP contribution in [0.1, 0.15) is 49.1 Å². The molecule has 1 aromatic heterocycles. The van der Waals surface area contributed by atoms with Gasteiger partial charge in [-0.1, -0.05) is 18.2 Å². The van der Waals surface area contributed by atoms with Gasteiger partial charge in [0, 0.05) is 30.2 Å². The van der Waals surface area contributed by atoms with E-state index < -0.39 is 43.5 Å². The maximum absolute atomic E-state index is 13.1. The van der Waals surface area contributed by atoms with Crippen LogP contribution in [-0.2, 0) is 39.3 Å². The molecule has 0 bridgehead atoms. The van der Waals surface area contributed by atoms with Crippen LogP contribution in [0.4, 0.5) is 0 Å². The van der Waals surface area contributed by atoms with Crippen LogP contribution in [0.3, 0.4) is 0 Å². The summed E-state index contributed by atoms with van der Waals surface area (Å²) in [6.45, 7) is 4.39. The molecule has 2 aliphatic heterocycles. The summed E-state index contributed by atoms with van der Waals surface area (Å²) in [5.41, 5.74) is 0.559. The van der Waals surface area contributed by atoms with Gasteiger partial charge < -0.3 is 18.8 Å². The van der Waals surface area contributed by atoms with Crippen molar-refractivity contribution in [2.24, 2.45) is 0 Å². The normalized spacial score (nSPS) is 25.1. The number of nitrogens with zero attached hydrogens (tertiary/aromatic N) is 1. The smallest absolute Gasteiger partial charge is 0.459 e. The molecule has 1 saturated heterocycles. The monoisotopic (exact) mass is 522 g/mol. The first-order valence-electron chi connectivity index (χ1n) is 11.4. The van der Waals surface area contributed by atoms with Crippen LogP contribution in [0.25, 0.3) is 0 Å². The number of ether oxygens (including phenoxy) is 2. The van der Waals surface area contributed by atoms with Crippen molar-refractivity contribution in [1.82, 2.24) is 9.55 Å². The van der Waals surface area contributed by atoms with E-state index in [1.54, 1.807) is 19.1 Å². The van der Waals surface area contributed by atoms with Gasteiger partial charge in [0.2, 0.25) is 0 Å². The molecule has 0 spiro atoms. The number of fused-ring (bicyclic) bond motifs is 1. The van der Waals surface area contributed by atoms with Crippen molar-refractivity contribution in [2.45, 2.75) is 65.1 Å². The van der Waals surface area contributed by atoms with Crippen molar-refractivity contribution >= 4 is 19.6 Å². The minimum Gasteiger partial charge on any atom is -0.459 e. The molecular formula is C23H27N2O10P. The Hall–Kier alpha value is -3.05. The fraction of sp³-hybridized carbons (Fsp3) is 0.478. The molecule has 4 rings (SSSR count). The topological polar surface area (TPSA) is 152 Å². The first-order valence-corrected chi connectivity index (χ1v) is 12.8. The molecule has 4 atom stereocenters. The molecule has 0 radical (unpaired) electrons. The summed E-state index contributed by atoms with van der Waals surface area (Å²) in [5.74, 6) is -0.376. The molecule has 12 nitrogen and oxygen atoms in total. The van der Waals surface area contributed by atoms with E-state index in [1.807, 2.05) is 6.07 Å². The molecule has 36 heavy (non-hydrogen) atoms. The number of phosphoric acid groups is 1. The van der Waals surface area contributed by atoms with Gasteiger partial charge in [-0.25, -0.2) is 9.36 Å². The maximum Gasteiger partial charge on any atom is 0.530 e. The van der Waals surface area contributed by atoms with Crippen LogP contribution < -0.4 is 15.8 Å². The van der Waals surface area contributed by atoms with E-state index in [-0.39, 0.29) is 43.8 Å². The third-order valence-corrected chi connectivity index (χ3v) is 7.19. The second kappa shape index (κ2) is 10.5. The summed E-state index contributed by atoms with van der Waals surface area (Å²) >= 11 is 0. The van der Waals surface area contributed by atoms with Gasteiger partial charge in [-0.3, -0.25) is 28.2 Å². The molecule has 2 aliphatic rings. The van der Waals surface area contributed by atoms with Gasteiger partial charge in [0.25, 0.3) is 5.56 Å². The zero-order chi connectivity index (χ0) is 26.0. The predicted octanol–water partition coefficient (Wildman–Crippen LogP) is 2.46. The number of esters is 1. The molecule has 1 fully saturated rings. The first-order chi connectivity index (χ1) is 17.0. The van der Waals surface area contributed by atoms with Gasteiger partial charge >= 0.3 is 19.5 Å². The van der Waals surface area contributed by atoms with Crippen molar-refractivity contribution in [3.63, 3.8) is 0 Å². The molecule has 1 aromatic carbocycles. The zero-order valence-electron chi connectivity index (χ0n) is 20.1. The molecule has 194 valence electrons. The number of phosphoric ester groups is 1. The van der Waals surface area contributed by atoms with E-state index in [0.29, 0.717) is 5.75 Å². The van der Waals surface area contributed by atoms with Crippen molar-refractivity contribution in [2.75, 3.05) is 6.61 Å². The predicted molar refractivity (Wildman–Crippen MR) is 125 cm³/mol. The van der Waals surface area contributed by atoms with Crippen LogP contribution >= 0.6 is 7.82 Å². The highest BCUT2D eigenvalue weighted by molar-refractivity contribution is 7.49. The van der Waals surface area contributed by atoms with Gasteiger partial charge in [-0.15, -0.1) is 0 Å². The van der Waals surface area contributed by atoms with Crippen LogP contribution in [-0.4, -0.2) is 40.1 Å². The minimum absolute atomic E-state index is 0.0191. The number of aryl methyl sites for hydroxylation is 2. The first kappa shape index (κ1) is 26.0. The minimum atomic E-state index is -4.01. The highest BCUT2D eigenvalue weighted by Crippen LogP contribution is 2.55. The lowest BCUT2D eigenvalue weighted by Gasteiger charge is -2.27. The lowest BCUT2D eigenvalue weighted by atomic mass is 10.1. The van der Waals surface area contributed by atoms with E-state index in [2.05, 4.69) is 4.98 Å². The Labute approximate surface area is 206 Å². The van der Waals surface area contributed by atoms with Gasteiger partial charge in [0.05, 0.1) is 19.6 Å². The number of aromatic nitrogens is 2. The number of nitrogens with one attached hydrogen (secondary N) is 1. The number of hydrogen-bond acceptors (Lipinski definition) is 10. The Morgan fingerprint density at radius 2 is 1.97 bits per heavy atom. The Morgan fingerprint density at radius 3 is 2.72 bits per heavy atom. The summed E-state index contributed by atoms with van der Waals surface area (Å²) in [6, 6.07) is 5.42. The number of Topliss-reactive ketones (excluding diaryl/α,β-unsaturated/α-hetero) is 1. The Balaban J connectivity index is 1.50. The number of para-hydroxylation sites is 1. The fourth-order valence-electron chi connectivity index (χ4n) is 3.92. The summed E-state index contributed by atoms with van der Waals surface area (Å²) < 4.78 is 42.2. The lowest BCUT2D eigenvalue weighted by Crippen LogP contribution is -2.33. The van der Waals surface area contributed by atoms with Gasteiger partial charge in [0.1, 0.15) is 30.0 Å². The fourth-order valence-corrected chi connectivity index (χ4v) is 5.22. The zero-order valence-corrected chi connectivity index (χ0v) is 20.9. The molecule has 0 amide bonds. The third-order valence-electron chi connectivity index (χ3n) is 5.87. The van der Waals surface area contributed by atoms with Gasteiger partial charge in [-0.2, -0.15) is 0 Å². The van der Waals surface area contributed by atoms with E-state index in [4.69, 9.17) is 23.0 Å². The number of H-pyrrole nitrogens is 1. The van der Waals surface area contributed by atoms with Crippen LogP contribution in [0, 0.1) is 13.8 Å². The van der Waals surface area contributed by atoms with Crippen LogP contribution in [0.2, 0.25) is 0 Å². The van der Waals surface area contributed by atoms with E-state index in [0.717, 1.165) is 11.1 Å². The van der Waals surface area contributed by atoms with Gasteiger partial charge in [-0.05, 0) is 26.3 Å². The molecule has 3 heterocycles. The summed E-state index contributed by atoms with van der Waals surface area (Å²) in [6.07, 6.45) is -1.43. The SMILES string of the molecule is CC(=O)CCC(=O)O[C@H]1C[C@H](n2cc(C)c(=O)[nH]c2=O)O[C@@H]1COP1(=O)OCc2cccc(C)c2O1. The van der Waals surface area contributed by atoms with Crippen molar-refractivity contribution in [3.8, 4) is 5.75 Å². The molecule has 1 unspecified atom stereocenters.